The van der Waals surface area contributed by atoms with Crippen LogP contribution in [0, 0.1) is 5.92 Å². The summed E-state index contributed by atoms with van der Waals surface area (Å²) in [6.07, 6.45) is 4.57. The normalized spacial score (nSPS) is 17.2. The van der Waals surface area contributed by atoms with Gasteiger partial charge in [0.2, 0.25) is 5.91 Å². The number of aryl methyl sites for hydroxylation is 1. The molecule has 0 unspecified atom stereocenters. The number of carbonyl (C=O) groups excluding carboxylic acids is 1. The summed E-state index contributed by atoms with van der Waals surface area (Å²) in [6.45, 7) is 5.30. The molecule has 0 bridgehead atoms. The maximum absolute atomic E-state index is 12.1. The van der Waals surface area contributed by atoms with Gasteiger partial charge in [-0.2, -0.15) is 0 Å². The molecule has 1 aliphatic rings. The van der Waals surface area contributed by atoms with Crippen LogP contribution >= 0.6 is 0 Å². The molecular weight excluding hydrogens is 248 g/mol. The second-order valence-electron chi connectivity index (χ2n) is 6.48. The first kappa shape index (κ1) is 15.0. The number of hydrogen-bond acceptors (Lipinski definition) is 2. The molecule has 0 aliphatic carbocycles. The molecule has 3 heteroatoms. The number of benzene rings is 1. The predicted molar refractivity (Wildman–Crippen MR) is 82.3 cm³/mol. The van der Waals surface area contributed by atoms with Gasteiger partial charge < -0.3 is 10.6 Å². The second kappa shape index (κ2) is 6.40. The quantitative estimate of drug-likeness (QED) is 0.917. The van der Waals surface area contributed by atoms with E-state index in [0.717, 1.165) is 38.3 Å². The van der Waals surface area contributed by atoms with Crippen molar-refractivity contribution in [2.24, 2.45) is 11.7 Å². The maximum Gasteiger partial charge on any atom is 0.242 e. The Bertz CT molecular complexity index is 428. The highest BCUT2D eigenvalue weighted by Crippen LogP contribution is 2.23. The van der Waals surface area contributed by atoms with Gasteiger partial charge in [-0.15, -0.1) is 0 Å². The summed E-state index contributed by atoms with van der Waals surface area (Å²) in [5.74, 6) is 0.819. The summed E-state index contributed by atoms with van der Waals surface area (Å²) in [5.41, 5.74) is 6.56. The van der Waals surface area contributed by atoms with Crippen LogP contribution in [0.4, 0.5) is 0 Å². The first-order valence-electron chi connectivity index (χ1n) is 7.59. The predicted octanol–water partition coefficient (Wildman–Crippen LogP) is 2.60. The van der Waals surface area contributed by atoms with Crippen molar-refractivity contribution in [3.63, 3.8) is 0 Å². The zero-order chi connectivity index (χ0) is 14.6. The Morgan fingerprint density at radius 2 is 1.85 bits per heavy atom. The van der Waals surface area contributed by atoms with E-state index in [0.29, 0.717) is 0 Å². The lowest BCUT2D eigenvalue weighted by Crippen LogP contribution is -2.53. The molecule has 0 saturated carbocycles. The van der Waals surface area contributed by atoms with Crippen LogP contribution in [0.15, 0.2) is 30.3 Å². The molecule has 1 amide bonds. The van der Waals surface area contributed by atoms with Crippen LogP contribution in [0.1, 0.15) is 38.7 Å². The van der Waals surface area contributed by atoms with Crippen molar-refractivity contribution in [2.45, 2.75) is 45.1 Å². The average molecular weight is 274 g/mol. The van der Waals surface area contributed by atoms with Crippen LogP contribution in [-0.2, 0) is 11.2 Å². The van der Waals surface area contributed by atoms with Crippen molar-refractivity contribution in [3.8, 4) is 0 Å². The fraction of sp³-hybridized carbons (Fsp3) is 0.588. The summed E-state index contributed by atoms with van der Waals surface area (Å²) >= 11 is 0. The van der Waals surface area contributed by atoms with Gasteiger partial charge in [0.25, 0.3) is 0 Å². The summed E-state index contributed by atoms with van der Waals surface area (Å²) in [6, 6.07) is 10.6. The van der Waals surface area contributed by atoms with E-state index in [-0.39, 0.29) is 5.91 Å². The van der Waals surface area contributed by atoms with Crippen molar-refractivity contribution in [1.82, 2.24) is 4.90 Å². The van der Waals surface area contributed by atoms with Crippen LogP contribution in [0.5, 0.6) is 0 Å². The van der Waals surface area contributed by atoms with Crippen LogP contribution in [0.25, 0.3) is 0 Å². The molecule has 0 aromatic heterocycles. The Morgan fingerprint density at radius 1 is 1.25 bits per heavy atom. The zero-order valence-electron chi connectivity index (χ0n) is 12.6. The van der Waals surface area contributed by atoms with Crippen molar-refractivity contribution in [1.29, 1.82) is 0 Å². The average Bonchev–Trinajstić information content (AvgIpc) is 2.45. The molecule has 20 heavy (non-hydrogen) atoms. The third-order valence-electron chi connectivity index (χ3n) is 4.14. The summed E-state index contributed by atoms with van der Waals surface area (Å²) in [7, 11) is 0. The molecule has 1 heterocycles. The first-order valence-corrected chi connectivity index (χ1v) is 7.59. The number of carbonyl (C=O) groups is 1. The van der Waals surface area contributed by atoms with Gasteiger partial charge in [-0.3, -0.25) is 4.79 Å². The van der Waals surface area contributed by atoms with Crippen molar-refractivity contribution in [2.75, 3.05) is 13.1 Å². The van der Waals surface area contributed by atoms with Gasteiger partial charge in [0.15, 0.2) is 0 Å². The van der Waals surface area contributed by atoms with Gasteiger partial charge in [0.05, 0.1) is 5.54 Å². The molecule has 2 N–H and O–H groups in total. The number of rotatable bonds is 4. The maximum atomic E-state index is 12.1. The van der Waals surface area contributed by atoms with E-state index < -0.39 is 5.54 Å². The third-order valence-corrected chi connectivity index (χ3v) is 4.14. The minimum absolute atomic E-state index is 0.0824. The molecule has 0 atom stereocenters. The monoisotopic (exact) mass is 274 g/mol. The fourth-order valence-corrected chi connectivity index (χ4v) is 2.85. The molecule has 1 aromatic carbocycles. The lowest BCUT2D eigenvalue weighted by atomic mass is 9.89. The smallest absolute Gasteiger partial charge is 0.242 e. The van der Waals surface area contributed by atoms with E-state index in [1.54, 1.807) is 13.8 Å². The van der Waals surface area contributed by atoms with Crippen molar-refractivity contribution >= 4 is 5.91 Å². The summed E-state index contributed by atoms with van der Waals surface area (Å²) < 4.78 is 0. The van der Waals surface area contributed by atoms with Crippen LogP contribution in [0.2, 0.25) is 0 Å². The highest BCUT2D eigenvalue weighted by molar-refractivity contribution is 5.85. The van der Waals surface area contributed by atoms with E-state index in [1.807, 2.05) is 4.90 Å². The number of hydrogen-bond donors (Lipinski definition) is 1. The van der Waals surface area contributed by atoms with Gasteiger partial charge in [0.1, 0.15) is 0 Å². The van der Waals surface area contributed by atoms with Gasteiger partial charge in [-0.05, 0) is 51.0 Å². The molecule has 0 spiro atoms. The summed E-state index contributed by atoms with van der Waals surface area (Å²) in [5, 5.41) is 0. The molecule has 1 aliphatic heterocycles. The molecule has 2 rings (SSSR count). The molecular formula is C17H26N2O. The Labute approximate surface area is 122 Å². The number of amides is 1. The largest absolute Gasteiger partial charge is 0.341 e. The van der Waals surface area contributed by atoms with Crippen molar-refractivity contribution < 1.29 is 4.79 Å². The van der Waals surface area contributed by atoms with Crippen LogP contribution in [-0.4, -0.2) is 29.4 Å². The zero-order valence-corrected chi connectivity index (χ0v) is 12.6. The Kier molecular flexibility index (Phi) is 4.81. The number of nitrogens with zero attached hydrogens (tertiary/aromatic N) is 1. The van der Waals surface area contributed by atoms with Gasteiger partial charge in [-0.25, -0.2) is 0 Å². The minimum atomic E-state index is -0.739. The molecule has 0 radical (unpaired) electrons. The Morgan fingerprint density at radius 3 is 2.40 bits per heavy atom. The van der Waals surface area contributed by atoms with E-state index in [1.165, 1.54) is 12.0 Å². The standard InChI is InChI=1S/C17H26N2O/c1-17(2,18)16(20)19-12-10-15(11-13-19)9-8-14-6-4-3-5-7-14/h3-7,15H,8-13,18H2,1-2H3. The van der Waals surface area contributed by atoms with E-state index >= 15 is 0 Å². The Balaban J connectivity index is 1.76. The lowest BCUT2D eigenvalue weighted by Gasteiger charge is -2.35. The van der Waals surface area contributed by atoms with E-state index in [4.69, 9.17) is 5.73 Å². The fourth-order valence-electron chi connectivity index (χ4n) is 2.85. The molecule has 1 aromatic rings. The number of likely N-dealkylation sites (tertiary alicyclic amines) is 1. The third kappa shape index (κ3) is 4.07. The molecule has 3 nitrogen and oxygen atoms in total. The molecule has 1 saturated heterocycles. The van der Waals surface area contributed by atoms with Gasteiger partial charge >= 0.3 is 0 Å². The molecule has 110 valence electrons. The van der Waals surface area contributed by atoms with Gasteiger partial charge in [-0.1, -0.05) is 30.3 Å². The highest BCUT2D eigenvalue weighted by Gasteiger charge is 2.30. The first-order chi connectivity index (χ1) is 9.47. The van der Waals surface area contributed by atoms with Crippen molar-refractivity contribution in [3.05, 3.63) is 35.9 Å². The SMILES string of the molecule is CC(C)(N)C(=O)N1CCC(CCc2ccccc2)CC1. The number of piperidine rings is 1. The van der Waals surface area contributed by atoms with Gasteiger partial charge in [0, 0.05) is 13.1 Å². The van der Waals surface area contributed by atoms with E-state index in [9.17, 15) is 4.79 Å². The van der Waals surface area contributed by atoms with E-state index in [2.05, 4.69) is 30.3 Å². The lowest BCUT2D eigenvalue weighted by molar-refractivity contribution is -0.137. The topological polar surface area (TPSA) is 46.3 Å². The second-order valence-corrected chi connectivity index (χ2v) is 6.48. The highest BCUT2D eigenvalue weighted by atomic mass is 16.2. The molecule has 1 fully saturated rings. The number of nitrogens with two attached hydrogens (primary N) is 1. The Hall–Kier alpha value is -1.35. The summed E-state index contributed by atoms with van der Waals surface area (Å²) in [4.78, 5) is 14.0. The van der Waals surface area contributed by atoms with Crippen LogP contribution < -0.4 is 5.73 Å². The van der Waals surface area contributed by atoms with Crippen LogP contribution in [0.3, 0.4) is 0 Å². The minimum Gasteiger partial charge on any atom is -0.341 e.